The van der Waals surface area contributed by atoms with Gasteiger partial charge in [-0.2, -0.15) is 30.0 Å². The molecule has 0 saturated carbocycles. The summed E-state index contributed by atoms with van der Waals surface area (Å²) in [6.07, 6.45) is -0.209. The van der Waals surface area contributed by atoms with Gasteiger partial charge in [-0.05, 0) is 67.9 Å². The summed E-state index contributed by atoms with van der Waals surface area (Å²) in [6.45, 7) is 5.60. The quantitative estimate of drug-likeness (QED) is 0.0689. The molecular formula is C42H42F4O6P2S2. The minimum Gasteiger partial charge on any atom is -0.283 e. The van der Waals surface area contributed by atoms with Crippen LogP contribution in [0.4, 0.5) is 17.6 Å². The van der Waals surface area contributed by atoms with Crippen LogP contribution in [0.1, 0.15) is 24.5 Å². The van der Waals surface area contributed by atoms with Gasteiger partial charge in [-0.25, -0.2) is 4.39 Å². The van der Waals surface area contributed by atoms with Gasteiger partial charge in [0.2, 0.25) is 5.50 Å². The van der Waals surface area contributed by atoms with E-state index in [1.165, 1.54) is 49.9 Å². The molecule has 1 unspecified atom stereocenters. The molecule has 2 N–H and O–H groups in total. The van der Waals surface area contributed by atoms with E-state index in [1.54, 1.807) is 0 Å². The predicted molar refractivity (Wildman–Crippen MR) is 224 cm³/mol. The Kier molecular flexibility index (Phi) is 18.0. The molecule has 0 fully saturated rings. The highest BCUT2D eigenvalue weighted by Gasteiger charge is 2.44. The molecule has 6 rings (SSSR count). The third-order valence-corrected chi connectivity index (χ3v) is 14.0. The molecule has 0 aliphatic heterocycles. The topological polar surface area (TPSA) is 109 Å². The number of alkyl halides is 4. The van der Waals surface area contributed by atoms with Gasteiger partial charge >= 0.3 is 15.6 Å². The fraction of sp³-hybridized carbons (Fsp3) is 0.143. The Bertz CT molecular complexity index is 2050. The second-order valence-corrected chi connectivity index (χ2v) is 19.3. The highest BCUT2D eigenvalue weighted by Crippen LogP contribution is 2.33. The largest absolute Gasteiger partial charge is 0.522 e. The number of aryl methyl sites for hydroxylation is 2. The minimum atomic E-state index is -5.84. The number of hydrogen-bond acceptors (Lipinski definition) is 4. The summed E-state index contributed by atoms with van der Waals surface area (Å²) in [6, 6.07) is 61.1. The summed E-state index contributed by atoms with van der Waals surface area (Å²) in [7, 11) is -11.2. The molecule has 6 aromatic carbocycles. The van der Waals surface area contributed by atoms with E-state index in [0.29, 0.717) is 0 Å². The van der Waals surface area contributed by atoms with Crippen molar-refractivity contribution in [3.63, 3.8) is 0 Å². The molecule has 6 nitrogen and oxygen atoms in total. The maximum Gasteiger partial charge on any atom is 0.522 e. The van der Waals surface area contributed by atoms with Crippen LogP contribution in [0.25, 0.3) is 0 Å². The van der Waals surface area contributed by atoms with E-state index in [9.17, 15) is 26.0 Å². The second kappa shape index (κ2) is 21.9. The van der Waals surface area contributed by atoms with Crippen LogP contribution < -0.4 is 31.8 Å². The van der Waals surface area contributed by atoms with Gasteiger partial charge in [0.05, 0.1) is 0 Å². The van der Waals surface area contributed by atoms with E-state index in [4.69, 9.17) is 17.5 Å². The van der Waals surface area contributed by atoms with Gasteiger partial charge in [-0.1, -0.05) is 188 Å². The van der Waals surface area contributed by atoms with Crippen LogP contribution in [0.2, 0.25) is 0 Å². The smallest absolute Gasteiger partial charge is 0.283 e. The number of rotatable bonds is 8. The van der Waals surface area contributed by atoms with Gasteiger partial charge in [-0.3, -0.25) is 9.11 Å². The van der Waals surface area contributed by atoms with Crippen molar-refractivity contribution in [2.45, 2.75) is 38.2 Å². The number of benzene rings is 6. The first kappa shape index (κ1) is 46.1. The van der Waals surface area contributed by atoms with Gasteiger partial charge in [0, 0.05) is 0 Å². The summed E-state index contributed by atoms with van der Waals surface area (Å²) in [5, 5.41) is 8.41. The van der Waals surface area contributed by atoms with Crippen LogP contribution in [0, 0.1) is 13.8 Å². The van der Waals surface area contributed by atoms with Crippen LogP contribution >= 0.6 is 15.8 Å². The molecule has 0 heterocycles. The van der Waals surface area contributed by atoms with E-state index >= 15 is 0 Å². The molecule has 14 heteroatoms. The molecule has 0 aliphatic carbocycles. The van der Waals surface area contributed by atoms with Gasteiger partial charge in [0.1, 0.15) is 0 Å². The van der Waals surface area contributed by atoms with Crippen molar-refractivity contribution in [3.8, 4) is 0 Å². The highest BCUT2D eigenvalue weighted by molar-refractivity contribution is 7.86. The van der Waals surface area contributed by atoms with E-state index in [2.05, 4.69) is 184 Å². The lowest BCUT2D eigenvalue weighted by molar-refractivity contribution is -0.0510. The van der Waals surface area contributed by atoms with Gasteiger partial charge < -0.3 is 0 Å². The third kappa shape index (κ3) is 15.0. The number of hydrogen-bond donors (Lipinski definition) is 2. The van der Waals surface area contributed by atoms with Crippen molar-refractivity contribution in [2.24, 2.45) is 0 Å². The molecule has 0 spiro atoms. The zero-order valence-electron chi connectivity index (χ0n) is 30.7. The van der Waals surface area contributed by atoms with E-state index < -0.39 is 47.1 Å². The fourth-order valence-corrected chi connectivity index (χ4v) is 9.79. The summed E-state index contributed by atoms with van der Waals surface area (Å²) in [5.41, 5.74) is -5.04. The second-order valence-electron chi connectivity index (χ2n) is 11.9. The zero-order chi connectivity index (χ0) is 41.4. The van der Waals surface area contributed by atoms with Crippen molar-refractivity contribution in [2.75, 3.05) is 0 Å². The molecule has 0 amide bonds. The van der Waals surface area contributed by atoms with Gasteiger partial charge in [0.25, 0.3) is 10.1 Å². The van der Waals surface area contributed by atoms with Crippen molar-refractivity contribution >= 4 is 67.9 Å². The number of halogens is 4. The molecule has 0 bridgehead atoms. The zero-order valence-corrected chi connectivity index (χ0v) is 34.1. The predicted octanol–water partition coefficient (Wildman–Crippen LogP) is 8.48. The van der Waals surface area contributed by atoms with Crippen LogP contribution in [0.15, 0.2) is 170 Å². The standard InChI is InChI=1S/2C19H17P.C3H7FO3S.CHF3O3S/c2*1-16-12-14-19(15-13-16)20(17-8-4-2-5-9-17)18-10-6-3-7-11-18;1-2-3(4)8(5,6)7;2-1(3,4)8(5,6)7/h2*2-15H,1H3;3H,2H2,1H3,(H,5,6,7);(H,5,6,7). The normalized spacial score (nSPS) is 11.9. The van der Waals surface area contributed by atoms with Crippen LogP contribution in [-0.4, -0.2) is 37.0 Å². The molecule has 1 atom stereocenters. The van der Waals surface area contributed by atoms with E-state index in [0.717, 1.165) is 0 Å². The molecule has 0 radical (unpaired) electrons. The summed E-state index contributed by atoms with van der Waals surface area (Å²) in [5.74, 6) is 0. The first-order chi connectivity index (χ1) is 26.4. The van der Waals surface area contributed by atoms with Crippen molar-refractivity contribution < 1.29 is 43.5 Å². The van der Waals surface area contributed by atoms with Gasteiger partial charge in [0.15, 0.2) is 0 Å². The molecule has 0 aliphatic rings. The Labute approximate surface area is 329 Å². The third-order valence-electron chi connectivity index (χ3n) is 7.58. The molecule has 296 valence electrons. The Hall–Kier alpha value is -4.28. The van der Waals surface area contributed by atoms with Gasteiger partial charge in [-0.15, -0.1) is 0 Å². The average molecular weight is 845 g/mol. The maximum absolute atomic E-state index is 11.8. The van der Waals surface area contributed by atoms with E-state index in [1.807, 2.05) is 0 Å². The summed E-state index contributed by atoms with van der Waals surface area (Å²) < 4.78 is 96.7. The first-order valence-corrected chi connectivity index (χ1v) is 22.6. The SMILES string of the molecule is CCC(F)S(=O)(=O)O.Cc1ccc(P(c2ccccc2)c2ccccc2)cc1.Cc1ccc(P(c2ccccc2)c2ccccc2)cc1.O=S(=O)(O)C(F)(F)F. The lowest BCUT2D eigenvalue weighted by atomic mass is 10.2. The maximum atomic E-state index is 11.8. The van der Waals surface area contributed by atoms with E-state index in [-0.39, 0.29) is 6.42 Å². The Morgan fingerprint density at radius 1 is 0.482 bits per heavy atom. The minimum absolute atomic E-state index is 0.209. The fourth-order valence-electron chi connectivity index (χ4n) is 4.80. The first-order valence-electron chi connectivity index (χ1n) is 17.0. The van der Waals surface area contributed by atoms with Crippen LogP contribution in [0.3, 0.4) is 0 Å². The monoisotopic (exact) mass is 844 g/mol. The molecule has 56 heavy (non-hydrogen) atoms. The molecular weight excluding hydrogens is 803 g/mol. The Balaban J connectivity index is 0.000000220. The van der Waals surface area contributed by atoms with Crippen molar-refractivity contribution in [1.29, 1.82) is 0 Å². The Morgan fingerprint density at radius 2 is 0.696 bits per heavy atom. The Morgan fingerprint density at radius 3 is 0.857 bits per heavy atom. The molecule has 6 aromatic rings. The lowest BCUT2D eigenvalue weighted by Crippen LogP contribution is -2.21. The lowest BCUT2D eigenvalue weighted by Gasteiger charge is -2.19. The average Bonchev–Trinajstić information content (AvgIpc) is 3.18. The summed E-state index contributed by atoms with van der Waals surface area (Å²) >= 11 is 0. The van der Waals surface area contributed by atoms with Crippen LogP contribution in [0.5, 0.6) is 0 Å². The molecule has 0 saturated heterocycles. The highest BCUT2D eigenvalue weighted by atomic mass is 32.2. The summed E-state index contributed by atoms with van der Waals surface area (Å²) in [4.78, 5) is 0. The van der Waals surface area contributed by atoms with Crippen molar-refractivity contribution in [3.05, 3.63) is 181 Å². The molecule has 0 aromatic heterocycles. The van der Waals surface area contributed by atoms with Crippen molar-refractivity contribution in [1.82, 2.24) is 0 Å². The van der Waals surface area contributed by atoms with Crippen LogP contribution in [-0.2, 0) is 20.2 Å².